The van der Waals surface area contributed by atoms with E-state index in [0.717, 1.165) is 34.4 Å². The lowest BCUT2D eigenvalue weighted by molar-refractivity contribution is 0.0664. The molecule has 1 amide bonds. The van der Waals surface area contributed by atoms with E-state index in [2.05, 4.69) is 5.16 Å². The molecule has 0 unspecified atom stereocenters. The van der Waals surface area contributed by atoms with Gasteiger partial charge in [-0.3, -0.25) is 4.79 Å². The summed E-state index contributed by atoms with van der Waals surface area (Å²) in [4.78, 5) is 15.3. The van der Waals surface area contributed by atoms with Crippen LogP contribution in [-0.4, -0.2) is 36.7 Å². The van der Waals surface area contributed by atoms with Crippen molar-refractivity contribution < 1.29 is 23.5 Å². The van der Waals surface area contributed by atoms with Crippen LogP contribution in [0.1, 0.15) is 45.7 Å². The van der Waals surface area contributed by atoms with Crippen molar-refractivity contribution in [3.05, 3.63) is 58.3 Å². The highest BCUT2D eigenvalue weighted by molar-refractivity contribution is 5.96. The minimum absolute atomic E-state index is 0.137. The Hall–Kier alpha value is -3.48. The van der Waals surface area contributed by atoms with Gasteiger partial charge in [-0.25, -0.2) is 0 Å². The molecule has 2 aromatic carbocycles. The fourth-order valence-electron chi connectivity index (χ4n) is 4.48. The van der Waals surface area contributed by atoms with Crippen LogP contribution in [0, 0.1) is 6.92 Å². The number of ether oxygens (including phenoxy) is 3. The summed E-state index contributed by atoms with van der Waals surface area (Å²) in [5.74, 6) is 2.56. The molecule has 3 heterocycles. The van der Waals surface area contributed by atoms with Gasteiger partial charge in [-0.1, -0.05) is 16.8 Å². The lowest BCUT2D eigenvalue weighted by atomic mass is 9.92. The summed E-state index contributed by atoms with van der Waals surface area (Å²) >= 11 is 0. The Morgan fingerprint density at radius 1 is 1.16 bits per heavy atom. The van der Waals surface area contributed by atoms with Gasteiger partial charge in [-0.15, -0.1) is 0 Å². The van der Waals surface area contributed by atoms with E-state index < -0.39 is 0 Å². The van der Waals surface area contributed by atoms with Gasteiger partial charge in [-0.2, -0.15) is 0 Å². The van der Waals surface area contributed by atoms with Crippen LogP contribution in [0.4, 0.5) is 0 Å². The van der Waals surface area contributed by atoms with Crippen molar-refractivity contribution in [2.24, 2.45) is 0 Å². The van der Waals surface area contributed by atoms with Gasteiger partial charge in [0.25, 0.3) is 5.91 Å². The molecule has 2 aliphatic rings. The molecule has 7 heteroatoms. The molecule has 0 saturated carbocycles. The molecule has 3 aromatic rings. The Kier molecular flexibility index (Phi) is 4.61. The molecular formula is C24H24N2O5. The number of aryl methyl sites for hydroxylation is 1. The Balaban J connectivity index is 1.49. The number of hydrogen-bond donors (Lipinski definition) is 0. The average molecular weight is 420 g/mol. The number of nitrogens with zero attached hydrogens (tertiary/aromatic N) is 2. The Labute approximate surface area is 180 Å². The molecule has 2 aliphatic heterocycles. The zero-order chi connectivity index (χ0) is 21.7. The molecule has 0 fully saturated rings. The maximum atomic E-state index is 13.5. The van der Waals surface area contributed by atoms with Gasteiger partial charge in [0, 0.05) is 6.54 Å². The van der Waals surface area contributed by atoms with Gasteiger partial charge < -0.3 is 23.6 Å². The van der Waals surface area contributed by atoms with Crippen LogP contribution in [0.2, 0.25) is 0 Å². The molecule has 5 rings (SSSR count). The van der Waals surface area contributed by atoms with Crippen LogP contribution in [0.15, 0.2) is 34.9 Å². The van der Waals surface area contributed by atoms with E-state index in [4.69, 9.17) is 18.7 Å². The maximum absolute atomic E-state index is 13.5. The van der Waals surface area contributed by atoms with E-state index in [1.807, 2.05) is 49.1 Å². The van der Waals surface area contributed by atoms with Crippen LogP contribution < -0.4 is 14.2 Å². The molecule has 0 saturated heterocycles. The fourth-order valence-corrected chi connectivity index (χ4v) is 4.48. The van der Waals surface area contributed by atoms with E-state index in [1.165, 1.54) is 0 Å². The molecule has 0 N–H and O–H groups in total. The van der Waals surface area contributed by atoms with Crippen molar-refractivity contribution in [1.29, 1.82) is 0 Å². The van der Waals surface area contributed by atoms with Crippen molar-refractivity contribution in [2.75, 3.05) is 20.8 Å². The molecule has 0 aliphatic carbocycles. The largest absolute Gasteiger partial charge is 0.493 e. The smallest absolute Gasteiger partial charge is 0.277 e. The van der Waals surface area contributed by atoms with Crippen molar-refractivity contribution in [2.45, 2.75) is 32.9 Å². The van der Waals surface area contributed by atoms with E-state index in [1.54, 1.807) is 14.2 Å². The highest BCUT2D eigenvalue weighted by Crippen LogP contribution is 2.41. The summed E-state index contributed by atoms with van der Waals surface area (Å²) in [6, 6.07) is 9.72. The number of aromatic nitrogens is 1. The van der Waals surface area contributed by atoms with Gasteiger partial charge in [0.1, 0.15) is 12.4 Å². The van der Waals surface area contributed by atoms with E-state index >= 15 is 0 Å². The van der Waals surface area contributed by atoms with Crippen molar-refractivity contribution in [3.63, 3.8) is 0 Å². The molecule has 1 aromatic heterocycles. The first-order valence-electron chi connectivity index (χ1n) is 10.3. The van der Waals surface area contributed by atoms with Gasteiger partial charge in [0.15, 0.2) is 23.0 Å². The summed E-state index contributed by atoms with van der Waals surface area (Å²) in [7, 11) is 3.24. The molecule has 0 bridgehead atoms. The number of amides is 1. The predicted molar refractivity (Wildman–Crippen MR) is 114 cm³/mol. The standard InChI is InChI=1S/C24H24N2O5/c1-13-5-6-19-17(9-13)23-18(12-30-19)22(25-31-23)24(27)26-8-7-15-10-20(28-3)21(29-4)11-16(15)14(26)2/h5-6,9-11,14H,7-8,12H2,1-4H3/t14-/m0/s1. The average Bonchev–Trinajstić information content (AvgIpc) is 3.23. The first kappa shape index (κ1) is 19.5. The fraction of sp³-hybridized carbons (Fsp3) is 0.333. The second-order valence-corrected chi connectivity index (χ2v) is 7.96. The number of carbonyl (C=O) groups excluding carboxylic acids is 1. The van der Waals surface area contributed by atoms with Crippen molar-refractivity contribution in [3.8, 4) is 28.6 Å². The first-order valence-corrected chi connectivity index (χ1v) is 10.3. The van der Waals surface area contributed by atoms with Crippen molar-refractivity contribution in [1.82, 2.24) is 10.1 Å². The van der Waals surface area contributed by atoms with Crippen LogP contribution >= 0.6 is 0 Å². The van der Waals surface area contributed by atoms with Gasteiger partial charge in [0.2, 0.25) is 0 Å². The summed E-state index contributed by atoms with van der Waals surface area (Å²) < 4.78 is 22.4. The number of fused-ring (bicyclic) bond motifs is 4. The summed E-state index contributed by atoms with van der Waals surface area (Å²) in [6.07, 6.45) is 0.727. The summed E-state index contributed by atoms with van der Waals surface area (Å²) in [5.41, 5.74) is 5.15. The topological polar surface area (TPSA) is 74.0 Å². The van der Waals surface area contributed by atoms with Gasteiger partial charge in [-0.05, 0) is 55.7 Å². The Morgan fingerprint density at radius 3 is 2.71 bits per heavy atom. The lowest BCUT2D eigenvalue weighted by Gasteiger charge is -2.35. The minimum Gasteiger partial charge on any atom is -0.493 e. The molecule has 0 spiro atoms. The van der Waals surface area contributed by atoms with Crippen LogP contribution in [0.25, 0.3) is 11.3 Å². The van der Waals surface area contributed by atoms with Crippen LogP contribution in [0.3, 0.4) is 0 Å². The molecule has 0 radical (unpaired) electrons. The monoisotopic (exact) mass is 420 g/mol. The van der Waals surface area contributed by atoms with Crippen LogP contribution in [-0.2, 0) is 13.0 Å². The van der Waals surface area contributed by atoms with Crippen LogP contribution in [0.5, 0.6) is 17.2 Å². The second-order valence-electron chi connectivity index (χ2n) is 7.96. The number of hydrogen-bond acceptors (Lipinski definition) is 6. The number of methoxy groups -OCH3 is 2. The molecule has 7 nitrogen and oxygen atoms in total. The van der Waals surface area contributed by atoms with Gasteiger partial charge in [0.05, 0.1) is 31.4 Å². The van der Waals surface area contributed by atoms with Crippen molar-refractivity contribution >= 4 is 5.91 Å². The quantitative estimate of drug-likeness (QED) is 0.628. The maximum Gasteiger partial charge on any atom is 0.277 e. The first-order chi connectivity index (χ1) is 15.0. The van der Waals surface area contributed by atoms with E-state index in [-0.39, 0.29) is 18.6 Å². The summed E-state index contributed by atoms with van der Waals surface area (Å²) in [6.45, 7) is 4.87. The lowest BCUT2D eigenvalue weighted by Crippen LogP contribution is -2.39. The summed E-state index contributed by atoms with van der Waals surface area (Å²) in [5, 5.41) is 4.16. The highest BCUT2D eigenvalue weighted by Gasteiger charge is 2.35. The second kappa shape index (κ2) is 7.34. The van der Waals surface area contributed by atoms with Gasteiger partial charge >= 0.3 is 0 Å². The Morgan fingerprint density at radius 2 is 1.94 bits per heavy atom. The highest BCUT2D eigenvalue weighted by atomic mass is 16.5. The number of carbonyl (C=O) groups is 1. The molecule has 31 heavy (non-hydrogen) atoms. The SMILES string of the molecule is COc1cc2c(cc1OC)[C@H](C)N(C(=O)c1noc3c1COc1ccc(C)cc1-3)CC2. The third kappa shape index (κ3) is 3.03. The molecular weight excluding hydrogens is 396 g/mol. The number of rotatable bonds is 3. The molecule has 1 atom stereocenters. The number of benzene rings is 2. The minimum atomic E-state index is -0.155. The Bertz CT molecular complexity index is 1180. The van der Waals surface area contributed by atoms with E-state index in [9.17, 15) is 4.79 Å². The zero-order valence-electron chi connectivity index (χ0n) is 18.0. The third-order valence-corrected chi connectivity index (χ3v) is 6.19. The zero-order valence-corrected chi connectivity index (χ0v) is 18.0. The third-order valence-electron chi connectivity index (χ3n) is 6.19. The molecule has 160 valence electrons. The predicted octanol–water partition coefficient (Wildman–Crippen LogP) is 4.32. The van der Waals surface area contributed by atoms with E-state index in [0.29, 0.717) is 35.1 Å². The normalized spacial score (nSPS) is 16.6.